The Morgan fingerprint density at radius 2 is 0.896 bits per heavy atom. The number of rotatable bonds is 6. The minimum Gasteiger partial charge on any atom is -0.456 e. The van der Waals surface area contributed by atoms with Crippen LogP contribution in [0.25, 0.3) is 66.1 Å². The lowest BCUT2D eigenvalue weighted by Gasteiger charge is -2.26. The first-order chi connectivity index (χ1) is 23.8. The first-order valence-corrected chi connectivity index (χ1v) is 16.2. The van der Waals surface area contributed by atoms with Crippen molar-refractivity contribution in [3.8, 4) is 33.4 Å². The van der Waals surface area contributed by atoms with Gasteiger partial charge in [0, 0.05) is 40.2 Å². The summed E-state index contributed by atoms with van der Waals surface area (Å²) in [5.41, 5.74) is 12.0. The summed E-state index contributed by atoms with van der Waals surface area (Å²) in [4.78, 5) is 6.60. The Morgan fingerprint density at radius 1 is 0.375 bits per heavy atom. The molecule has 0 aliphatic heterocycles. The van der Waals surface area contributed by atoms with Crippen molar-refractivity contribution in [2.45, 2.75) is 0 Å². The molecule has 0 aliphatic carbocycles. The van der Waals surface area contributed by atoms with Crippen molar-refractivity contribution in [3.05, 3.63) is 182 Å². The van der Waals surface area contributed by atoms with Crippen LogP contribution in [0.2, 0.25) is 0 Å². The molecule has 0 unspecified atom stereocenters. The number of nitrogens with zero attached hydrogens (tertiary/aromatic N) is 2. The third-order valence-electron chi connectivity index (χ3n) is 9.17. The standard InChI is InChI=1S/C45H30N2O/c1-2-6-31(7-3-1)33-12-19-39(20-13-33)47(40-21-14-34(15-22-40)37-11-10-32-8-4-5-9-36(32)28-37)41-23-16-35(17-24-41)38-18-25-42-43-30-46-27-26-44(43)48-45(42)29-38/h1-30H. The number of aromatic nitrogens is 1. The molecule has 0 saturated carbocycles. The molecule has 0 N–H and O–H groups in total. The lowest BCUT2D eigenvalue weighted by Crippen LogP contribution is -2.09. The molecule has 3 nitrogen and oxygen atoms in total. The van der Waals surface area contributed by atoms with E-state index in [0.717, 1.165) is 50.1 Å². The van der Waals surface area contributed by atoms with Crippen molar-refractivity contribution in [1.29, 1.82) is 0 Å². The van der Waals surface area contributed by atoms with Crippen LogP contribution in [-0.2, 0) is 0 Å². The van der Waals surface area contributed by atoms with Crippen molar-refractivity contribution in [1.82, 2.24) is 4.98 Å². The summed E-state index contributed by atoms with van der Waals surface area (Å²) < 4.78 is 6.15. The van der Waals surface area contributed by atoms with E-state index in [1.165, 1.54) is 33.0 Å². The van der Waals surface area contributed by atoms with Gasteiger partial charge in [-0.15, -0.1) is 0 Å². The van der Waals surface area contributed by atoms with Crippen LogP contribution < -0.4 is 4.90 Å². The first-order valence-electron chi connectivity index (χ1n) is 16.2. The molecule has 0 saturated heterocycles. The highest BCUT2D eigenvalue weighted by molar-refractivity contribution is 6.05. The fraction of sp³-hybridized carbons (Fsp3) is 0. The summed E-state index contributed by atoms with van der Waals surface area (Å²) in [6.45, 7) is 0. The van der Waals surface area contributed by atoms with Crippen LogP contribution in [0.5, 0.6) is 0 Å². The maximum atomic E-state index is 6.15. The Bertz CT molecular complexity index is 2530. The van der Waals surface area contributed by atoms with Gasteiger partial charge in [0.05, 0.1) is 0 Å². The minimum absolute atomic E-state index is 0.855. The molecule has 0 aliphatic rings. The van der Waals surface area contributed by atoms with Gasteiger partial charge in [-0.25, -0.2) is 0 Å². The van der Waals surface area contributed by atoms with E-state index in [1.54, 1.807) is 6.20 Å². The smallest absolute Gasteiger partial charge is 0.138 e. The third-order valence-corrected chi connectivity index (χ3v) is 9.17. The van der Waals surface area contributed by atoms with Gasteiger partial charge in [0.1, 0.15) is 11.2 Å². The maximum absolute atomic E-state index is 6.15. The molecule has 7 aromatic carbocycles. The Labute approximate surface area is 279 Å². The molecule has 0 bridgehead atoms. The zero-order chi connectivity index (χ0) is 31.9. The summed E-state index contributed by atoms with van der Waals surface area (Å²) in [6, 6.07) is 60.5. The molecule has 9 rings (SSSR count). The topological polar surface area (TPSA) is 29.3 Å². The molecule has 0 atom stereocenters. The molecule has 3 heteroatoms. The average molecular weight is 615 g/mol. The molecule has 226 valence electrons. The molecular weight excluding hydrogens is 585 g/mol. The van der Waals surface area contributed by atoms with Crippen LogP contribution in [0.3, 0.4) is 0 Å². The van der Waals surface area contributed by atoms with Crippen molar-refractivity contribution >= 4 is 49.8 Å². The normalized spacial score (nSPS) is 11.3. The number of furan rings is 1. The molecule has 0 amide bonds. The first kappa shape index (κ1) is 27.8. The van der Waals surface area contributed by atoms with Gasteiger partial charge in [-0.3, -0.25) is 4.98 Å². The number of hydrogen-bond acceptors (Lipinski definition) is 3. The second-order valence-electron chi connectivity index (χ2n) is 12.1. The van der Waals surface area contributed by atoms with E-state index >= 15 is 0 Å². The van der Waals surface area contributed by atoms with E-state index in [-0.39, 0.29) is 0 Å². The van der Waals surface area contributed by atoms with Crippen LogP contribution in [0.1, 0.15) is 0 Å². The molecule has 0 radical (unpaired) electrons. The largest absolute Gasteiger partial charge is 0.456 e. The van der Waals surface area contributed by atoms with E-state index in [4.69, 9.17) is 4.42 Å². The van der Waals surface area contributed by atoms with Crippen LogP contribution >= 0.6 is 0 Å². The second-order valence-corrected chi connectivity index (χ2v) is 12.1. The number of anilines is 3. The molecule has 9 aromatic rings. The van der Waals surface area contributed by atoms with Gasteiger partial charge < -0.3 is 9.32 Å². The summed E-state index contributed by atoms with van der Waals surface area (Å²) in [7, 11) is 0. The highest BCUT2D eigenvalue weighted by atomic mass is 16.3. The van der Waals surface area contributed by atoms with Gasteiger partial charge in [-0.1, -0.05) is 109 Å². The quantitative estimate of drug-likeness (QED) is 0.187. The van der Waals surface area contributed by atoms with Gasteiger partial charge in [-0.2, -0.15) is 0 Å². The van der Waals surface area contributed by atoms with E-state index in [0.29, 0.717) is 0 Å². The van der Waals surface area contributed by atoms with Crippen LogP contribution in [0.4, 0.5) is 17.1 Å². The lowest BCUT2D eigenvalue weighted by molar-refractivity contribution is 0.668. The number of hydrogen-bond donors (Lipinski definition) is 0. The van der Waals surface area contributed by atoms with Crippen molar-refractivity contribution in [3.63, 3.8) is 0 Å². The fourth-order valence-electron chi connectivity index (χ4n) is 6.66. The average Bonchev–Trinajstić information content (AvgIpc) is 3.54. The number of fused-ring (bicyclic) bond motifs is 4. The Balaban J connectivity index is 1.08. The summed E-state index contributed by atoms with van der Waals surface area (Å²) >= 11 is 0. The van der Waals surface area contributed by atoms with Gasteiger partial charge in [0.15, 0.2) is 0 Å². The van der Waals surface area contributed by atoms with E-state index in [9.17, 15) is 0 Å². The molecule has 2 heterocycles. The zero-order valence-corrected chi connectivity index (χ0v) is 26.1. The summed E-state index contributed by atoms with van der Waals surface area (Å²) in [6.07, 6.45) is 3.63. The molecule has 2 aromatic heterocycles. The predicted octanol–water partition coefficient (Wildman–Crippen LogP) is 12.6. The van der Waals surface area contributed by atoms with Gasteiger partial charge >= 0.3 is 0 Å². The van der Waals surface area contributed by atoms with Crippen LogP contribution in [0.15, 0.2) is 187 Å². The SMILES string of the molecule is c1ccc(-c2ccc(N(c3ccc(-c4ccc5ccccc5c4)cc3)c3ccc(-c4ccc5c(c4)oc4ccncc45)cc3)cc2)cc1. The van der Waals surface area contributed by atoms with Crippen LogP contribution in [0, 0.1) is 0 Å². The Hall–Kier alpha value is -6.45. The van der Waals surface area contributed by atoms with Gasteiger partial charge in [-0.05, 0) is 105 Å². The van der Waals surface area contributed by atoms with Crippen LogP contribution in [-0.4, -0.2) is 4.98 Å². The molecular formula is C45H30N2O. The highest BCUT2D eigenvalue weighted by Crippen LogP contribution is 2.38. The van der Waals surface area contributed by atoms with E-state index in [2.05, 4.69) is 174 Å². The zero-order valence-electron chi connectivity index (χ0n) is 26.1. The molecule has 0 fully saturated rings. The van der Waals surface area contributed by atoms with Gasteiger partial charge in [0.25, 0.3) is 0 Å². The highest BCUT2D eigenvalue weighted by Gasteiger charge is 2.15. The Kier molecular flexibility index (Phi) is 6.80. The molecule has 0 spiro atoms. The third kappa shape index (κ3) is 5.08. The minimum atomic E-state index is 0.855. The Morgan fingerprint density at radius 3 is 1.56 bits per heavy atom. The number of benzene rings is 7. The second kappa shape index (κ2) is 11.7. The maximum Gasteiger partial charge on any atom is 0.138 e. The fourth-order valence-corrected chi connectivity index (χ4v) is 6.66. The molecule has 48 heavy (non-hydrogen) atoms. The monoisotopic (exact) mass is 614 g/mol. The van der Waals surface area contributed by atoms with Crippen molar-refractivity contribution < 1.29 is 4.42 Å². The summed E-state index contributed by atoms with van der Waals surface area (Å²) in [5, 5.41) is 4.61. The van der Waals surface area contributed by atoms with Gasteiger partial charge in [0.2, 0.25) is 0 Å². The predicted molar refractivity (Wildman–Crippen MR) is 200 cm³/mol. The van der Waals surface area contributed by atoms with Crippen molar-refractivity contribution in [2.75, 3.05) is 4.90 Å². The van der Waals surface area contributed by atoms with E-state index < -0.39 is 0 Å². The van der Waals surface area contributed by atoms with Crippen molar-refractivity contribution in [2.24, 2.45) is 0 Å². The lowest BCUT2D eigenvalue weighted by atomic mass is 10.0. The number of pyridine rings is 1. The summed E-state index contributed by atoms with van der Waals surface area (Å²) in [5.74, 6) is 0. The van der Waals surface area contributed by atoms with E-state index in [1.807, 2.05) is 12.3 Å².